The average molecular weight is 286 g/mol. The second kappa shape index (κ2) is 6.52. The summed E-state index contributed by atoms with van der Waals surface area (Å²) < 4.78 is 28.6. The number of hydrogen-bond donors (Lipinski definition) is 1. The number of aromatic nitrogens is 1. The third-order valence-electron chi connectivity index (χ3n) is 3.48. The fourth-order valence-corrected chi connectivity index (χ4v) is 4.31. The van der Waals surface area contributed by atoms with Crippen LogP contribution in [0, 0.1) is 5.92 Å². The van der Waals surface area contributed by atoms with E-state index in [2.05, 4.69) is 10.3 Å². The fourth-order valence-electron chi connectivity index (χ4n) is 2.53. The van der Waals surface area contributed by atoms with Crippen molar-refractivity contribution in [2.45, 2.75) is 32.1 Å². The predicted octanol–water partition coefficient (Wildman–Crippen LogP) is 1.19. The molecule has 5 nitrogen and oxygen atoms in total. The van der Waals surface area contributed by atoms with Crippen molar-refractivity contribution in [1.29, 1.82) is 0 Å². The molecular formula is C13H22N2O3S. The second-order valence-electron chi connectivity index (χ2n) is 5.27. The molecule has 1 atom stereocenters. The molecule has 19 heavy (non-hydrogen) atoms. The van der Waals surface area contributed by atoms with E-state index >= 15 is 0 Å². The molecule has 1 aromatic heterocycles. The lowest BCUT2D eigenvalue weighted by atomic mass is 10.0. The Hall–Kier alpha value is -0.880. The Kier molecular flexibility index (Phi) is 4.99. The van der Waals surface area contributed by atoms with Crippen LogP contribution < -0.4 is 5.32 Å². The first-order chi connectivity index (χ1) is 9.09. The minimum absolute atomic E-state index is 0.169. The maximum absolute atomic E-state index is 11.6. The summed E-state index contributed by atoms with van der Waals surface area (Å²) in [6.07, 6.45) is 5.99. The number of nitrogens with zero attached hydrogens (tertiary/aromatic N) is 1. The first-order valence-electron chi connectivity index (χ1n) is 6.87. The monoisotopic (exact) mass is 286 g/mol. The molecule has 1 aliphatic heterocycles. The van der Waals surface area contributed by atoms with Crippen molar-refractivity contribution in [3.63, 3.8) is 0 Å². The molecule has 1 aliphatic rings. The van der Waals surface area contributed by atoms with E-state index in [-0.39, 0.29) is 11.7 Å². The molecule has 0 radical (unpaired) electrons. The Morgan fingerprint density at radius 3 is 3.11 bits per heavy atom. The molecule has 6 heteroatoms. The van der Waals surface area contributed by atoms with E-state index < -0.39 is 9.84 Å². The van der Waals surface area contributed by atoms with Gasteiger partial charge in [-0.1, -0.05) is 0 Å². The van der Waals surface area contributed by atoms with Crippen LogP contribution in [0.4, 0.5) is 0 Å². The minimum Gasteiger partial charge on any atom is -0.449 e. The third kappa shape index (κ3) is 4.62. The Bertz CT molecular complexity index is 496. The minimum atomic E-state index is -2.84. The molecule has 0 aromatic carbocycles. The molecule has 0 aliphatic carbocycles. The van der Waals surface area contributed by atoms with E-state index in [9.17, 15) is 8.42 Å². The average Bonchev–Trinajstić information content (AvgIpc) is 2.76. The SMILES string of the molecule is CNCCCc1coc(CC2CCCS(=O)(=O)C2)n1. The van der Waals surface area contributed by atoms with Gasteiger partial charge < -0.3 is 9.73 Å². The van der Waals surface area contributed by atoms with E-state index in [0.717, 1.165) is 37.9 Å². The normalized spacial score (nSPS) is 22.5. The highest BCUT2D eigenvalue weighted by Gasteiger charge is 2.26. The molecule has 0 bridgehead atoms. The summed E-state index contributed by atoms with van der Waals surface area (Å²) in [5, 5.41) is 3.09. The van der Waals surface area contributed by atoms with Gasteiger partial charge >= 0.3 is 0 Å². The maximum atomic E-state index is 11.6. The van der Waals surface area contributed by atoms with Gasteiger partial charge in [0.1, 0.15) is 6.26 Å². The number of hydrogen-bond acceptors (Lipinski definition) is 5. The van der Waals surface area contributed by atoms with E-state index in [0.29, 0.717) is 18.1 Å². The highest BCUT2D eigenvalue weighted by Crippen LogP contribution is 2.22. The number of aryl methyl sites for hydroxylation is 1. The maximum Gasteiger partial charge on any atom is 0.194 e. The Morgan fingerprint density at radius 1 is 1.53 bits per heavy atom. The third-order valence-corrected chi connectivity index (χ3v) is 5.37. The molecule has 0 spiro atoms. The predicted molar refractivity (Wildman–Crippen MR) is 73.8 cm³/mol. The van der Waals surface area contributed by atoms with Gasteiger partial charge in [-0.2, -0.15) is 0 Å². The number of oxazole rings is 1. The van der Waals surface area contributed by atoms with Crippen LogP contribution in [0.5, 0.6) is 0 Å². The molecule has 2 rings (SSSR count). The first-order valence-corrected chi connectivity index (χ1v) is 8.69. The largest absolute Gasteiger partial charge is 0.449 e. The van der Waals surface area contributed by atoms with Crippen molar-refractivity contribution in [2.75, 3.05) is 25.1 Å². The van der Waals surface area contributed by atoms with Crippen molar-refractivity contribution in [1.82, 2.24) is 10.3 Å². The van der Waals surface area contributed by atoms with Gasteiger partial charge in [0, 0.05) is 6.42 Å². The van der Waals surface area contributed by atoms with E-state index in [1.807, 2.05) is 7.05 Å². The quantitative estimate of drug-likeness (QED) is 0.795. The summed E-state index contributed by atoms with van der Waals surface area (Å²) in [4.78, 5) is 4.43. The zero-order valence-corrected chi connectivity index (χ0v) is 12.2. The highest BCUT2D eigenvalue weighted by molar-refractivity contribution is 7.91. The van der Waals surface area contributed by atoms with E-state index in [4.69, 9.17) is 4.42 Å². The van der Waals surface area contributed by atoms with Crippen LogP contribution in [0.3, 0.4) is 0 Å². The Balaban J connectivity index is 1.85. The first kappa shape index (κ1) is 14.5. The van der Waals surface area contributed by atoms with E-state index in [1.54, 1.807) is 6.26 Å². The Morgan fingerprint density at radius 2 is 2.37 bits per heavy atom. The summed E-state index contributed by atoms with van der Waals surface area (Å²) in [6.45, 7) is 0.961. The summed E-state index contributed by atoms with van der Waals surface area (Å²) in [5.41, 5.74) is 0.962. The smallest absolute Gasteiger partial charge is 0.194 e. The lowest BCUT2D eigenvalue weighted by Gasteiger charge is -2.20. The van der Waals surface area contributed by atoms with Crippen LogP contribution in [0.25, 0.3) is 0 Å². The number of nitrogens with one attached hydrogen (secondary N) is 1. The van der Waals surface area contributed by atoms with Crippen LogP contribution in [0.15, 0.2) is 10.7 Å². The van der Waals surface area contributed by atoms with Gasteiger partial charge in [-0.3, -0.25) is 0 Å². The zero-order chi connectivity index (χ0) is 13.7. The zero-order valence-electron chi connectivity index (χ0n) is 11.4. The molecule has 108 valence electrons. The summed E-state index contributed by atoms with van der Waals surface area (Å²) in [6, 6.07) is 0. The molecule has 1 aromatic rings. The fraction of sp³-hybridized carbons (Fsp3) is 0.769. The lowest BCUT2D eigenvalue weighted by Crippen LogP contribution is -2.26. The summed E-state index contributed by atoms with van der Waals surface area (Å²) in [5.74, 6) is 1.47. The van der Waals surface area contributed by atoms with Crippen LogP contribution in [-0.4, -0.2) is 38.5 Å². The van der Waals surface area contributed by atoms with Gasteiger partial charge in [-0.25, -0.2) is 13.4 Å². The molecular weight excluding hydrogens is 264 g/mol. The van der Waals surface area contributed by atoms with E-state index in [1.165, 1.54) is 0 Å². The topological polar surface area (TPSA) is 72.2 Å². The van der Waals surface area contributed by atoms with Crippen molar-refractivity contribution < 1.29 is 12.8 Å². The van der Waals surface area contributed by atoms with Crippen molar-refractivity contribution in [3.05, 3.63) is 17.8 Å². The Labute approximate surface area is 114 Å². The number of rotatable bonds is 6. The van der Waals surface area contributed by atoms with Crippen molar-refractivity contribution in [2.24, 2.45) is 5.92 Å². The van der Waals surface area contributed by atoms with Gasteiger partial charge in [0.15, 0.2) is 15.7 Å². The highest BCUT2D eigenvalue weighted by atomic mass is 32.2. The van der Waals surface area contributed by atoms with Crippen LogP contribution in [-0.2, 0) is 22.7 Å². The molecule has 1 saturated heterocycles. The molecule has 1 fully saturated rings. The van der Waals surface area contributed by atoms with Gasteiger partial charge in [-0.15, -0.1) is 0 Å². The van der Waals surface area contributed by atoms with Gasteiger partial charge in [-0.05, 0) is 45.2 Å². The standard InChI is InChI=1S/C13H22N2O3S/c1-14-6-2-5-12-9-18-13(15-12)8-11-4-3-7-19(16,17)10-11/h9,11,14H,2-8,10H2,1H3. The van der Waals surface area contributed by atoms with Crippen LogP contribution >= 0.6 is 0 Å². The molecule has 1 unspecified atom stereocenters. The lowest BCUT2D eigenvalue weighted by molar-refractivity contribution is 0.416. The van der Waals surface area contributed by atoms with Crippen LogP contribution in [0.2, 0.25) is 0 Å². The summed E-state index contributed by atoms with van der Waals surface area (Å²) in [7, 11) is -0.912. The van der Waals surface area contributed by atoms with Gasteiger partial charge in [0.2, 0.25) is 0 Å². The van der Waals surface area contributed by atoms with Gasteiger partial charge in [0.25, 0.3) is 0 Å². The van der Waals surface area contributed by atoms with Crippen molar-refractivity contribution >= 4 is 9.84 Å². The summed E-state index contributed by atoms with van der Waals surface area (Å²) >= 11 is 0. The molecule has 1 N–H and O–H groups in total. The van der Waals surface area contributed by atoms with Crippen LogP contribution in [0.1, 0.15) is 30.8 Å². The van der Waals surface area contributed by atoms with Crippen molar-refractivity contribution in [3.8, 4) is 0 Å². The molecule has 2 heterocycles. The second-order valence-corrected chi connectivity index (χ2v) is 7.50. The molecule has 0 amide bonds. The number of sulfone groups is 1. The van der Waals surface area contributed by atoms with Gasteiger partial charge in [0.05, 0.1) is 17.2 Å². The molecule has 0 saturated carbocycles.